The van der Waals surface area contributed by atoms with Crippen LogP contribution in [0.1, 0.15) is 31.2 Å². The van der Waals surface area contributed by atoms with Crippen molar-refractivity contribution in [2.45, 2.75) is 32.4 Å². The van der Waals surface area contributed by atoms with Crippen LogP contribution in [0.3, 0.4) is 0 Å². The zero-order valence-corrected chi connectivity index (χ0v) is 10.5. The molecular weight excluding hydrogens is 220 g/mol. The summed E-state index contributed by atoms with van der Waals surface area (Å²) in [6, 6.07) is 4.17. The van der Waals surface area contributed by atoms with Crippen molar-refractivity contribution in [3.8, 4) is 0 Å². The zero-order valence-electron chi connectivity index (χ0n) is 9.69. The Bertz CT molecular complexity index is 350. The van der Waals surface area contributed by atoms with Crippen molar-refractivity contribution in [3.05, 3.63) is 22.4 Å². The molecular formula is C12H18N2OS. The van der Waals surface area contributed by atoms with Crippen molar-refractivity contribution in [1.82, 2.24) is 10.6 Å². The predicted molar refractivity (Wildman–Crippen MR) is 66.4 cm³/mol. The molecule has 2 heterocycles. The van der Waals surface area contributed by atoms with Crippen molar-refractivity contribution in [2.75, 3.05) is 6.54 Å². The van der Waals surface area contributed by atoms with Crippen LogP contribution in [-0.2, 0) is 4.79 Å². The Kier molecular flexibility index (Phi) is 3.61. The number of hydrogen-bond donors (Lipinski definition) is 2. The quantitative estimate of drug-likeness (QED) is 0.844. The Hall–Kier alpha value is -0.870. The maximum absolute atomic E-state index is 12.0. The minimum absolute atomic E-state index is 0.0117. The van der Waals surface area contributed by atoms with E-state index in [0.717, 1.165) is 13.0 Å². The molecule has 1 aliphatic heterocycles. The Morgan fingerprint density at radius 3 is 3.06 bits per heavy atom. The van der Waals surface area contributed by atoms with Crippen LogP contribution in [0, 0.1) is 5.92 Å². The molecule has 1 saturated heterocycles. The highest BCUT2D eigenvalue weighted by Gasteiger charge is 2.29. The minimum atomic E-state index is -0.0117. The van der Waals surface area contributed by atoms with Gasteiger partial charge in [0.05, 0.1) is 12.1 Å². The Balaban J connectivity index is 1.92. The number of hydrogen-bond acceptors (Lipinski definition) is 3. The van der Waals surface area contributed by atoms with E-state index in [1.807, 2.05) is 18.4 Å². The van der Waals surface area contributed by atoms with Gasteiger partial charge in [-0.25, -0.2) is 0 Å². The monoisotopic (exact) mass is 238 g/mol. The van der Waals surface area contributed by atoms with Gasteiger partial charge in [-0.2, -0.15) is 0 Å². The molecule has 1 aliphatic rings. The summed E-state index contributed by atoms with van der Waals surface area (Å²) in [5.74, 6) is 0.571. The van der Waals surface area contributed by atoms with Gasteiger partial charge >= 0.3 is 0 Å². The van der Waals surface area contributed by atoms with Gasteiger partial charge in [-0.3, -0.25) is 4.79 Å². The molecule has 1 amide bonds. The summed E-state index contributed by atoms with van der Waals surface area (Å²) in [6.45, 7) is 5.11. The zero-order chi connectivity index (χ0) is 11.5. The SMILES string of the molecule is CC(NC(=O)C1NCCC1C)c1cccs1. The predicted octanol–water partition coefficient (Wildman–Crippen LogP) is 1.92. The summed E-state index contributed by atoms with van der Waals surface area (Å²) >= 11 is 1.68. The molecule has 3 unspecified atom stereocenters. The molecule has 3 nitrogen and oxygen atoms in total. The van der Waals surface area contributed by atoms with E-state index in [9.17, 15) is 4.79 Å². The van der Waals surface area contributed by atoms with E-state index >= 15 is 0 Å². The summed E-state index contributed by atoms with van der Waals surface area (Å²) in [7, 11) is 0. The van der Waals surface area contributed by atoms with Crippen molar-refractivity contribution in [2.24, 2.45) is 5.92 Å². The van der Waals surface area contributed by atoms with Gasteiger partial charge in [0, 0.05) is 4.88 Å². The van der Waals surface area contributed by atoms with Crippen molar-refractivity contribution < 1.29 is 4.79 Å². The van der Waals surface area contributed by atoms with E-state index in [1.165, 1.54) is 4.88 Å². The van der Waals surface area contributed by atoms with Crippen LogP contribution in [0.15, 0.2) is 17.5 Å². The molecule has 0 aromatic carbocycles. The minimum Gasteiger partial charge on any atom is -0.347 e. The molecule has 3 atom stereocenters. The van der Waals surface area contributed by atoms with Crippen LogP contribution in [0.4, 0.5) is 0 Å². The maximum atomic E-state index is 12.0. The lowest BCUT2D eigenvalue weighted by Gasteiger charge is -2.19. The normalized spacial score (nSPS) is 26.6. The van der Waals surface area contributed by atoms with Gasteiger partial charge in [0.25, 0.3) is 0 Å². The molecule has 88 valence electrons. The lowest BCUT2D eigenvalue weighted by atomic mass is 10.0. The third kappa shape index (κ3) is 2.44. The molecule has 0 bridgehead atoms. The van der Waals surface area contributed by atoms with Gasteiger partial charge in [0.1, 0.15) is 0 Å². The van der Waals surface area contributed by atoms with E-state index in [1.54, 1.807) is 11.3 Å². The Morgan fingerprint density at radius 2 is 2.50 bits per heavy atom. The van der Waals surface area contributed by atoms with E-state index in [-0.39, 0.29) is 18.0 Å². The molecule has 1 aromatic rings. The topological polar surface area (TPSA) is 41.1 Å². The molecule has 0 radical (unpaired) electrons. The highest BCUT2D eigenvalue weighted by Crippen LogP contribution is 2.20. The van der Waals surface area contributed by atoms with Crippen LogP contribution >= 0.6 is 11.3 Å². The Morgan fingerprint density at radius 1 is 1.69 bits per heavy atom. The average Bonchev–Trinajstić information content (AvgIpc) is 2.86. The molecule has 1 aromatic heterocycles. The van der Waals surface area contributed by atoms with Gasteiger partial charge in [0.15, 0.2) is 0 Å². The van der Waals surface area contributed by atoms with E-state index in [2.05, 4.69) is 23.6 Å². The second kappa shape index (κ2) is 4.97. The summed E-state index contributed by atoms with van der Waals surface area (Å²) in [4.78, 5) is 13.2. The number of thiophene rings is 1. The van der Waals surface area contributed by atoms with Gasteiger partial charge in [-0.15, -0.1) is 11.3 Å². The fraction of sp³-hybridized carbons (Fsp3) is 0.583. The molecule has 0 saturated carbocycles. The van der Waals surface area contributed by atoms with Crippen molar-refractivity contribution >= 4 is 17.2 Å². The van der Waals surface area contributed by atoms with Crippen LogP contribution in [0.5, 0.6) is 0 Å². The highest BCUT2D eigenvalue weighted by atomic mass is 32.1. The van der Waals surface area contributed by atoms with Gasteiger partial charge < -0.3 is 10.6 Å². The first kappa shape index (κ1) is 11.6. The average molecular weight is 238 g/mol. The van der Waals surface area contributed by atoms with E-state index in [0.29, 0.717) is 5.92 Å². The summed E-state index contributed by atoms with van der Waals surface area (Å²) < 4.78 is 0. The van der Waals surface area contributed by atoms with Crippen LogP contribution in [0.2, 0.25) is 0 Å². The smallest absolute Gasteiger partial charge is 0.237 e. The first-order valence-corrected chi connectivity index (χ1v) is 6.63. The van der Waals surface area contributed by atoms with Crippen LogP contribution < -0.4 is 10.6 Å². The van der Waals surface area contributed by atoms with Crippen LogP contribution in [0.25, 0.3) is 0 Å². The standard InChI is InChI=1S/C12H18N2OS/c1-8-5-6-13-11(8)12(15)14-9(2)10-4-3-7-16-10/h3-4,7-9,11,13H,5-6H2,1-2H3,(H,14,15). The number of carbonyl (C=O) groups is 1. The molecule has 0 aliphatic carbocycles. The molecule has 16 heavy (non-hydrogen) atoms. The third-order valence-electron chi connectivity index (χ3n) is 3.14. The lowest BCUT2D eigenvalue weighted by Crippen LogP contribution is -2.43. The lowest BCUT2D eigenvalue weighted by molar-refractivity contribution is -0.124. The molecule has 2 N–H and O–H groups in total. The largest absolute Gasteiger partial charge is 0.347 e. The number of nitrogens with one attached hydrogen (secondary N) is 2. The number of carbonyl (C=O) groups excluding carboxylic acids is 1. The van der Waals surface area contributed by atoms with E-state index in [4.69, 9.17) is 0 Å². The molecule has 0 spiro atoms. The molecule has 1 fully saturated rings. The summed E-state index contributed by atoms with van der Waals surface area (Å²) in [6.07, 6.45) is 1.09. The second-order valence-electron chi connectivity index (χ2n) is 4.44. The number of amides is 1. The third-order valence-corrected chi connectivity index (χ3v) is 4.20. The Labute approximate surface area is 100 Å². The fourth-order valence-electron chi connectivity index (χ4n) is 2.10. The van der Waals surface area contributed by atoms with E-state index < -0.39 is 0 Å². The van der Waals surface area contributed by atoms with Crippen LogP contribution in [-0.4, -0.2) is 18.5 Å². The maximum Gasteiger partial charge on any atom is 0.237 e. The molecule has 4 heteroatoms. The van der Waals surface area contributed by atoms with Gasteiger partial charge in [-0.05, 0) is 37.3 Å². The second-order valence-corrected chi connectivity index (χ2v) is 5.42. The first-order chi connectivity index (χ1) is 7.68. The fourth-order valence-corrected chi connectivity index (χ4v) is 2.83. The summed E-state index contributed by atoms with van der Waals surface area (Å²) in [5, 5.41) is 8.35. The van der Waals surface area contributed by atoms with Gasteiger partial charge in [0.2, 0.25) is 5.91 Å². The molecule has 2 rings (SSSR count). The van der Waals surface area contributed by atoms with Crippen molar-refractivity contribution in [1.29, 1.82) is 0 Å². The number of rotatable bonds is 3. The summed E-state index contributed by atoms with van der Waals surface area (Å²) in [5.41, 5.74) is 0. The first-order valence-electron chi connectivity index (χ1n) is 5.75. The highest BCUT2D eigenvalue weighted by molar-refractivity contribution is 7.10. The van der Waals surface area contributed by atoms with Crippen molar-refractivity contribution in [3.63, 3.8) is 0 Å². The van der Waals surface area contributed by atoms with Gasteiger partial charge in [-0.1, -0.05) is 13.0 Å².